The quantitative estimate of drug-likeness (QED) is 0.780. The van der Waals surface area contributed by atoms with Crippen LogP contribution in [0, 0.1) is 0 Å². The highest BCUT2D eigenvalue weighted by atomic mass is 79.9. The van der Waals surface area contributed by atoms with Crippen molar-refractivity contribution in [1.82, 2.24) is 4.98 Å². The molecule has 11 heavy (non-hydrogen) atoms. The van der Waals surface area contributed by atoms with Gasteiger partial charge in [-0.25, -0.2) is 0 Å². The maximum atomic E-state index is 10.2. The van der Waals surface area contributed by atoms with Gasteiger partial charge in [0, 0.05) is 21.9 Å². The molecule has 0 amide bonds. The topological polar surface area (TPSA) is 65.0 Å². The summed E-state index contributed by atoms with van der Waals surface area (Å²) in [5.41, 5.74) is 0.431. The summed E-state index contributed by atoms with van der Waals surface area (Å²) in [6, 6.07) is 1.65. The Bertz CT molecular complexity index is 281. The van der Waals surface area contributed by atoms with E-state index in [9.17, 15) is 8.76 Å². The summed E-state index contributed by atoms with van der Waals surface area (Å²) in [7, 11) is 0. The van der Waals surface area contributed by atoms with Crippen LogP contribution < -0.4 is 4.72 Å². The van der Waals surface area contributed by atoms with Gasteiger partial charge in [0.1, 0.15) is 0 Å². The minimum atomic E-state index is -2.30. The first-order valence-electron chi connectivity index (χ1n) is 2.65. The molecular weight excluding hydrogens is 232 g/mol. The third-order valence-electron chi connectivity index (χ3n) is 0.961. The van der Waals surface area contributed by atoms with Crippen LogP contribution >= 0.6 is 15.9 Å². The van der Waals surface area contributed by atoms with E-state index >= 15 is 0 Å². The predicted octanol–water partition coefficient (Wildman–Crippen LogP) is 1.05. The molecule has 1 heterocycles. The fraction of sp³-hybridized carbons (Fsp3) is 0. The van der Waals surface area contributed by atoms with Gasteiger partial charge in [-0.05, 0) is 22.0 Å². The van der Waals surface area contributed by atoms with E-state index in [-0.39, 0.29) is 0 Å². The molecule has 1 rings (SSSR count). The van der Waals surface area contributed by atoms with Crippen LogP contribution in [0.3, 0.4) is 0 Å². The normalized spacial score (nSPS) is 12.5. The van der Waals surface area contributed by atoms with E-state index in [1.54, 1.807) is 12.3 Å². The van der Waals surface area contributed by atoms with Gasteiger partial charge in [0.05, 0.1) is 11.9 Å². The number of anilines is 1. The Morgan fingerprint density at radius 2 is 2.45 bits per heavy atom. The Morgan fingerprint density at radius 3 is 3.00 bits per heavy atom. The lowest BCUT2D eigenvalue weighted by molar-refractivity contribution is 0.542. The van der Waals surface area contributed by atoms with Gasteiger partial charge in [-0.15, -0.1) is 0 Å². The minimum Gasteiger partial charge on any atom is -0.755 e. The van der Waals surface area contributed by atoms with E-state index in [2.05, 4.69) is 25.6 Å². The first kappa shape index (κ1) is 8.63. The highest BCUT2D eigenvalue weighted by Crippen LogP contribution is 2.19. The number of nitrogens with one attached hydrogen (secondary N) is 1. The van der Waals surface area contributed by atoms with Gasteiger partial charge >= 0.3 is 0 Å². The molecule has 0 saturated carbocycles. The number of pyridine rings is 1. The van der Waals surface area contributed by atoms with Crippen molar-refractivity contribution in [3.05, 3.63) is 22.9 Å². The van der Waals surface area contributed by atoms with Crippen LogP contribution in [0.4, 0.5) is 5.69 Å². The molecule has 0 fully saturated rings. The first-order chi connectivity index (χ1) is 5.20. The summed E-state index contributed by atoms with van der Waals surface area (Å²) in [5, 5.41) is 0. The summed E-state index contributed by atoms with van der Waals surface area (Å²) in [6.45, 7) is 0. The Balaban J connectivity index is 2.86. The van der Waals surface area contributed by atoms with Crippen molar-refractivity contribution in [2.45, 2.75) is 0 Å². The zero-order chi connectivity index (χ0) is 8.27. The van der Waals surface area contributed by atoms with E-state index in [1.165, 1.54) is 6.20 Å². The Hall–Kier alpha value is -0.460. The zero-order valence-electron chi connectivity index (χ0n) is 5.28. The van der Waals surface area contributed by atoms with Crippen molar-refractivity contribution in [3.8, 4) is 0 Å². The average molecular weight is 236 g/mol. The summed E-state index contributed by atoms with van der Waals surface area (Å²) >= 11 is 0.852. The van der Waals surface area contributed by atoms with Crippen LogP contribution in [0.1, 0.15) is 0 Å². The average Bonchev–Trinajstić information content (AvgIpc) is 1.93. The van der Waals surface area contributed by atoms with Gasteiger partial charge in [-0.1, -0.05) is 0 Å². The van der Waals surface area contributed by atoms with Crippen LogP contribution in [-0.2, 0) is 11.3 Å². The van der Waals surface area contributed by atoms with Crippen LogP contribution in [0.25, 0.3) is 0 Å². The molecule has 0 saturated heterocycles. The lowest BCUT2D eigenvalue weighted by atomic mass is 10.4. The number of hydrogen-bond acceptors (Lipinski definition) is 3. The van der Waals surface area contributed by atoms with E-state index in [4.69, 9.17) is 0 Å². The van der Waals surface area contributed by atoms with Gasteiger partial charge in [-0.2, -0.15) is 0 Å². The standard InChI is InChI=1S/C5H5BrN2O2S/c6-4-1-2-7-3-5(4)8-11(9)10/h1-3,8H,(H,9,10)/p-1. The Kier molecular flexibility index (Phi) is 2.98. The van der Waals surface area contributed by atoms with Gasteiger partial charge in [0.25, 0.3) is 0 Å². The second-order valence-corrected chi connectivity index (χ2v) is 3.22. The molecule has 6 heteroatoms. The Labute approximate surface area is 74.6 Å². The van der Waals surface area contributed by atoms with Crippen molar-refractivity contribution in [2.75, 3.05) is 4.72 Å². The van der Waals surface area contributed by atoms with Crippen LogP contribution in [-0.4, -0.2) is 13.7 Å². The van der Waals surface area contributed by atoms with Gasteiger partial charge in [0.2, 0.25) is 0 Å². The lowest BCUT2D eigenvalue weighted by Gasteiger charge is -2.08. The van der Waals surface area contributed by atoms with Crippen molar-refractivity contribution in [1.29, 1.82) is 0 Å². The second-order valence-electron chi connectivity index (χ2n) is 1.69. The SMILES string of the molecule is O=S([O-])Nc1cnccc1Br. The van der Waals surface area contributed by atoms with E-state index in [0.717, 1.165) is 0 Å². The maximum absolute atomic E-state index is 10.2. The smallest absolute Gasteiger partial charge is 0.0780 e. The molecule has 4 nitrogen and oxygen atoms in total. The molecule has 1 unspecified atom stereocenters. The molecule has 0 aliphatic rings. The molecule has 1 atom stereocenters. The van der Waals surface area contributed by atoms with Crippen molar-refractivity contribution in [2.24, 2.45) is 0 Å². The van der Waals surface area contributed by atoms with Crippen molar-refractivity contribution in [3.63, 3.8) is 0 Å². The number of hydrogen-bond donors (Lipinski definition) is 1. The summed E-state index contributed by atoms with van der Waals surface area (Å²) in [4.78, 5) is 3.73. The van der Waals surface area contributed by atoms with E-state index < -0.39 is 11.3 Å². The fourth-order valence-corrected chi connectivity index (χ4v) is 1.34. The molecule has 0 bridgehead atoms. The van der Waals surface area contributed by atoms with E-state index in [1.807, 2.05) is 0 Å². The highest BCUT2D eigenvalue weighted by Gasteiger charge is 1.95. The van der Waals surface area contributed by atoms with Crippen LogP contribution in [0.5, 0.6) is 0 Å². The van der Waals surface area contributed by atoms with Crippen LogP contribution in [0.2, 0.25) is 0 Å². The minimum absolute atomic E-state index is 0.431. The number of nitrogens with zero attached hydrogens (tertiary/aromatic N) is 1. The molecule has 1 aromatic rings. The molecule has 0 aromatic carbocycles. The second kappa shape index (κ2) is 3.80. The monoisotopic (exact) mass is 235 g/mol. The fourth-order valence-electron chi connectivity index (χ4n) is 0.542. The molecule has 0 aliphatic carbocycles. The number of rotatable bonds is 2. The molecule has 1 aromatic heterocycles. The van der Waals surface area contributed by atoms with Crippen molar-refractivity contribution >= 4 is 32.9 Å². The highest BCUT2D eigenvalue weighted by molar-refractivity contribution is 9.10. The molecule has 0 spiro atoms. The number of halogens is 1. The summed E-state index contributed by atoms with van der Waals surface area (Å²) < 4.78 is 23.2. The first-order valence-corrected chi connectivity index (χ1v) is 4.52. The Morgan fingerprint density at radius 1 is 1.73 bits per heavy atom. The molecular formula is C5H4BrN2O2S-. The van der Waals surface area contributed by atoms with Gasteiger partial charge in [0.15, 0.2) is 0 Å². The number of aromatic nitrogens is 1. The third kappa shape index (κ3) is 2.57. The van der Waals surface area contributed by atoms with E-state index in [0.29, 0.717) is 10.2 Å². The molecule has 0 radical (unpaired) electrons. The molecule has 1 N–H and O–H groups in total. The summed E-state index contributed by atoms with van der Waals surface area (Å²) in [6.07, 6.45) is 2.98. The van der Waals surface area contributed by atoms with Crippen molar-refractivity contribution < 1.29 is 8.76 Å². The lowest BCUT2D eigenvalue weighted by Crippen LogP contribution is -2.02. The largest absolute Gasteiger partial charge is 0.755 e. The van der Waals surface area contributed by atoms with Gasteiger partial charge < -0.3 is 9.27 Å². The maximum Gasteiger partial charge on any atom is 0.0780 e. The zero-order valence-corrected chi connectivity index (χ0v) is 7.68. The summed E-state index contributed by atoms with van der Waals surface area (Å²) in [5.74, 6) is 0. The third-order valence-corrected chi connectivity index (χ3v) is 2.04. The predicted molar refractivity (Wildman–Crippen MR) is 44.5 cm³/mol. The molecule has 0 aliphatic heterocycles. The van der Waals surface area contributed by atoms with Gasteiger partial charge in [-0.3, -0.25) is 9.19 Å². The molecule has 60 valence electrons. The van der Waals surface area contributed by atoms with Crippen LogP contribution in [0.15, 0.2) is 22.9 Å².